The number of hydrogen-bond donors (Lipinski definition) is 1. The van der Waals surface area contributed by atoms with Gasteiger partial charge in [-0.05, 0) is 36.8 Å². The molecule has 114 valence electrons. The molecule has 1 amide bonds. The van der Waals surface area contributed by atoms with Gasteiger partial charge in [-0.25, -0.2) is 4.39 Å². The minimum Gasteiger partial charge on any atom is -0.484 e. The molecule has 0 saturated carbocycles. The number of nitro benzene ring substituents is 1. The Bertz CT molecular complexity index is 701. The Morgan fingerprint density at radius 1 is 1.27 bits per heavy atom. The van der Waals surface area contributed by atoms with E-state index in [1.807, 2.05) is 0 Å². The molecule has 0 heterocycles. The summed E-state index contributed by atoms with van der Waals surface area (Å²) in [4.78, 5) is 21.7. The second-order valence-corrected chi connectivity index (χ2v) is 4.55. The van der Waals surface area contributed by atoms with Crippen molar-refractivity contribution >= 4 is 17.3 Å². The van der Waals surface area contributed by atoms with Crippen LogP contribution in [-0.4, -0.2) is 17.4 Å². The summed E-state index contributed by atoms with van der Waals surface area (Å²) in [6.45, 7) is 1.34. The van der Waals surface area contributed by atoms with Gasteiger partial charge in [0.15, 0.2) is 6.61 Å². The second kappa shape index (κ2) is 6.66. The first-order valence-corrected chi connectivity index (χ1v) is 6.39. The molecule has 2 aromatic carbocycles. The zero-order valence-corrected chi connectivity index (χ0v) is 11.7. The third kappa shape index (κ3) is 4.02. The lowest BCUT2D eigenvalue weighted by Crippen LogP contribution is -2.20. The van der Waals surface area contributed by atoms with Gasteiger partial charge in [0.1, 0.15) is 11.6 Å². The van der Waals surface area contributed by atoms with E-state index in [0.29, 0.717) is 17.0 Å². The number of aryl methyl sites for hydroxylation is 1. The number of rotatable bonds is 5. The van der Waals surface area contributed by atoms with E-state index in [1.54, 1.807) is 19.1 Å². The number of nitro groups is 1. The first-order valence-electron chi connectivity index (χ1n) is 6.39. The van der Waals surface area contributed by atoms with Crippen molar-refractivity contribution in [3.05, 3.63) is 64.0 Å². The molecule has 6 nitrogen and oxygen atoms in total. The average Bonchev–Trinajstić information content (AvgIpc) is 2.49. The summed E-state index contributed by atoms with van der Waals surface area (Å²) in [5.41, 5.74) is 0.757. The van der Waals surface area contributed by atoms with Crippen molar-refractivity contribution in [2.45, 2.75) is 6.92 Å². The van der Waals surface area contributed by atoms with Crippen molar-refractivity contribution in [2.24, 2.45) is 0 Å². The molecule has 2 aromatic rings. The monoisotopic (exact) mass is 304 g/mol. The normalized spacial score (nSPS) is 10.1. The number of ether oxygens (including phenoxy) is 1. The molecule has 22 heavy (non-hydrogen) atoms. The van der Waals surface area contributed by atoms with E-state index < -0.39 is 16.6 Å². The summed E-state index contributed by atoms with van der Waals surface area (Å²) in [5, 5.41) is 13.0. The maximum atomic E-state index is 13.3. The Hall–Kier alpha value is -2.96. The van der Waals surface area contributed by atoms with Crippen molar-refractivity contribution in [3.63, 3.8) is 0 Å². The minimum atomic E-state index is -0.525. The molecular weight excluding hydrogens is 291 g/mol. The van der Waals surface area contributed by atoms with Crippen molar-refractivity contribution in [3.8, 4) is 5.75 Å². The van der Waals surface area contributed by atoms with Crippen LogP contribution in [-0.2, 0) is 4.79 Å². The fourth-order valence-electron chi connectivity index (χ4n) is 1.68. The average molecular weight is 304 g/mol. The predicted molar refractivity (Wildman–Crippen MR) is 78.4 cm³/mol. The van der Waals surface area contributed by atoms with Gasteiger partial charge >= 0.3 is 0 Å². The van der Waals surface area contributed by atoms with Gasteiger partial charge < -0.3 is 10.1 Å². The van der Waals surface area contributed by atoms with Gasteiger partial charge in [0.25, 0.3) is 11.6 Å². The Morgan fingerprint density at radius 2 is 1.95 bits per heavy atom. The number of nitrogens with zero attached hydrogens (tertiary/aromatic N) is 1. The Morgan fingerprint density at radius 3 is 2.55 bits per heavy atom. The largest absolute Gasteiger partial charge is 0.484 e. The third-order valence-corrected chi connectivity index (χ3v) is 2.87. The van der Waals surface area contributed by atoms with Crippen LogP contribution >= 0.6 is 0 Å². The van der Waals surface area contributed by atoms with Crippen molar-refractivity contribution in [1.29, 1.82) is 0 Å². The van der Waals surface area contributed by atoms with Crippen LogP contribution in [0.2, 0.25) is 0 Å². The van der Waals surface area contributed by atoms with Crippen LogP contribution in [0.5, 0.6) is 5.75 Å². The zero-order valence-electron chi connectivity index (χ0n) is 11.7. The lowest BCUT2D eigenvalue weighted by Gasteiger charge is -2.08. The van der Waals surface area contributed by atoms with E-state index in [2.05, 4.69) is 5.32 Å². The third-order valence-electron chi connectivity index (χ3n) is 2.87. The van der Waals surface area contributed by atoms with Crippen LogP contribution in [0.1, 0.15) is 5.56 Å². The Labute approximate surface area is 125 Å². The number of amides is 1. The number of anilines is 1. The van der Waals surface area contributed by atoms with Crippen LogP contribution in [0.3, 0.4) is 0 Å². The number of non-ortho nitro benzene ring substituents is 1. The number of benzene rings is 2. The standard InChI is InChI=1S/C15H13FN2O4/c1-10-2-3-11(8-14(10)16)17-15(19)9-22-13-6-4-12(5-7-13)18(20)21/h2-8H,9H2,1H3,(H,17,19). The second-order valence-electron chi connectivity index (χ2n) is 4.55. The quantitative estimate of drug-likeness (QED) is 0.680. The van der Waals surface area contributed by atoms with Crippen molar-refractivity contribution in [2.75, 3.05) is 11.9 Å². The lowest BCUT2D eigenvalue weighted by atomic mass is 10.2. The molecule has 7 heteroatoms. The molecule has 2 rings (SSSR count). The molecule has 0 saturated heterocycles. The van der Waals surface area contributed by atoms with Gasteiger partial charge in [0, 0.05) is 17.8 Å². The first kappa shape index (κ1) is 15.4. The minimum absolute atomic E-state index is 0.0630. The topological polar surface area (TPSA) is 81.5 Å². The summed E-state index contributed by atoms with van der Waals surface area (Å²) in [6, 6.07) is 9.72. The van der Waals surface area contributed by atoms with E-state index >= 15 is 0 Å². The molecule has 0 aliphatic heterocycles. The molecule has 1 N–H and O–H groups in total. The first-order chi connectivity index (χ1) is 10.5. The van der Waals surface area contributed by atoms with E-state index in [4.69, 9.17) is 4.74 Å². The summed E-state index contributed by atoms with van der Waals surface area (Å²) in [6.07, 6.45) is 0. The predicted octanol–water partition coefficient (Wildman–Crippen LogP) is 3.06. The van der Waals surface area contributed by atoms with Crippen LogP contribution in [0.15, 0.2) is 42.5 Å². The molecule has 0 unspecified atom stereocenters. The van der Waals surface area contributed by atoms with E-state index in [9.17, 15) is 19.3 Å². The Balaban J connectivity index is 1.89. The van der Waals surface area contributed by atoms with Gasteiger partial charge in [-0.15, -0.1) is 0 Å². The molecule has 0 fully saturated rings. The highest BCUT2D eigenvalue weighted by molar-refractivity contribution is 5.91. The van der Waals surface area contributed by atoms with Gasteiger partial charge in [-0.1, -0.05) is 6.07 Å². The van der Waals surface area contributed by atoms with E-state index in [1.165, 1.54) is 30.3 Å². The lowest BCUT2D eigenvalue weighted by molar-refractivity contribution is -0.384. The highest BCUT2D eigenvalue weighted by Gasteiger charge is 2.08. The van der Waals surface area contributed by atoms with Crippen LogP contribution in [0.4, 0.5) is 15.8 Å². The molecule has 0 aliphatic carbocycles. The number of hydrogen-bond acceptors (Lipinski definition) is 4. The van der Waals surface area contributed by atoms with Gasteiger partial charge in [0.05, 0.1) is 4.92 Å². The molecule has 0 aliphatic rings. The molecule has 0 aromatic heterocycles. The Kier molecular flexibility index (Phi) is 4.67. The van der Waals surface area contributed by atoms with Crippen LogP contribution in [0, 0.1) is 22.9 Å². The fourth-order valence-corrected chi connectivity index (χ4v) is 1.68. The maximum absolute atomic E-state index is 13.3. The summed E-state index contributed by atoms with van der Waals surface area (Å²) in [7, 11) is 0. The smallest absolute Gasteiger partial charge is 0.269 e. The SMILES string of the molecule is Cc1ccc(NC(=O)COc2ccc([N+](=O)[O-])cc2)cc1F. The van der Waals surface area contributed by atoms with Crippen LogP contribution < -0.4 is 10.1 Å². The molecule has 0 radical (unpaired) electrons. The highest BCUT2D eigenvalue weighted by Crippen LogP contribution is 2.17. The van der Waals surface area contributed by atoms with E-state index in [0.717, 1.165) is 0 Å². The number of halogens is 1. The van der Waals surface area contributed by atoms with Gasteiger partial charge in [0.2, 0.25) is 0 Å². The van der Waals surface area contributed by atoms with Crippen molar-refractivity contribution < 1.29 is 18.8 Å². The zero-order chi connectivity index (χ0) is 16.1. The van der Waals surface area contributed by atoms with E-state index in [-0.39, 0.29) is 12.3 Å². The molecule has 0 spiro atoms. The number of nitrogens with one attached hydrogen (secondary N) is 1. The highest BCUT2D eigenvalue weighted by atomic mass is 19.1. The molecular formula is C15H13FN2O4. The molecule has 0 bridgehead atoms. The number of carbonyl (C=O) groups excluding carboxylic acids is 1. The number of carbonyl (C=O) groups is 1. The maximum Gasteiger partial charge on any atom is 0.269 e. The van der Waals surface area contributed by atoms with Crippen molar-refractivity contribution in [1.82, 2.24) is 0 Å². The summed E-state index contributed by atoms with van der Waals surface area (Å²) >= 11 is 0. The summed E-state index contributed by atoms with van der Waals surface area (Å²) < 4.78 is 18.5. The fraction of sp³-hybridized carbons (Fsp3) is 0.133. The summed E-state index contributed by atoms with van der Waals surface area (Å²) in [5.74, 6) is -0.536. The molecule has 0 atom stereocenters. The van der Waals surface area contributed by atoms with Gasteiger partial charge in [-0.2, -0.15) is 0 Å². The van der Waals surface area contributed by atoms with Gasteiger partial charge in [-0.3, -0.25) is 14.9 Å². The van der Waals surface area contributed by atoms with Crippen LogP contribution in [0.25, 0.3) is 0 Å².